The third-order valence-electron chi connectivity index (χ3n) is 3.53. The summed E-state index contributed by atoms with van der Waals surface area (Å²) in [6.45, 7) is 9.10. The summed E-state index contributed by atoms with van der Waals surface area (Å²) in [5, 5.41) is 2.95. The molecule has 1 aromatic rings. The molecule has 0 saturated heterocycles. The van der Waals surface area contributed by atoms with Gasteiger partial charge in [0.1, 0.15) is 5.60 Å². The normalized spacial score (nSPS) is 17.6. The van der Waals surface area contributed by atoms with Crippen LogP contribution in [0.2, 0.25) is 0 Å². The van der Waals surface area contributed by atoms with Gasteiger partial charge in [-0.1, -0.05) is 12.1 Å². The van der Waals surface area contributed by atoms with Crippen LogP contribution in [-0.4, -0.2) is 23.2 Å². The summed E-state index contributed by atoms with van der Waals surface area (Å²) in [5.74, 6) is 0.985. The van der Waals surface area contributed by atoms with E-state index >= 15 is 0 Å². The molecular formula is C17H23NO3S. The maximum absolute atomic E-state index is 12.0. The van der Waals surface area contributed by atoms with E-state index in [0.717, 1.165) is 33.8 Å². The SMILES string of the molecule is CC(=O)c1ccc2c(c1C)SCCC2NC(=O)OC(C)(C)C. The average Bonchev–Trinajstić information content (AvgIpc) is 2.37. The van der Waals surface area contributed by atoms with E-state index in [1.807, 2.05) is 39.8 Å². The number of nitrogens with one attached hydrogen (secondary N) is 1. The molecule has 1 aliphatic heterocycles. The Labute approximate surface area is 136 Å². The number of carbonyl (C=O) groups is 2. The summed E-state index contributed by atoms with van der Waals surface area (Å²) >= 11 is 1.75. The molecule has 0 radical (unpaired) electrons. The van der Waals surface area contributed by atoms with Crippen LogP contribution in [0.25, 0.3) is 0 Å². The number of amides is 1. The van der Waals surface area contributed by atoms with Crippen molar-refractivity contribution in [2.45, 2.75) is 57.6 Å². The second-order valence-corrected chi connectivity index (χ2v) is 7.65. The van der Waals surface area contributed by atoms with E-state index in [-0.39, 0.29) is 11.8 Å². The van der Waals surface area contributed by atoms with Crippen molar-refractivity contribution in [1.29, 1.82) is 0 Å². The number of hydrogen-bond donors (Lipinski definition) is 1. The largest absolute Gasteiger partial charge is 0.444 e. The second-order valence-electron chi connectivity index (χ2n) is 6.55. The van der Waals surface area contributed by atoms with Crippen LogP contribution in [0.4, 0.5) is 4.79 Å². The Morgan fingerprint density at radius 1 is 1.32 bits per heavy atom. The molecule has 1 aromatic carbocycles. The van der Waals surface area contributed by atoms with Crippen molar-refractivity contribution in [3.63, 3.8) is 0 Å². The first-order valence-electron chi connectivity index (χ1n) is 7.46. The molecule has 2 rings (SSSR count). The molecule has 1 aliphatic rings. The number of hydrogen-bond acceptors (Lipinski definition) is 4. The van der Waals surface area contributed by atoms with Gasteiger partial charge in [-0.2, -0.15) is 0 Å². The van der Waals surface area contributed by atoms with Crippen LogP contribution in [-0.2, 0) is 4.74 Å². The number of fused-ring (bicyclic) bond motifs is 1. The molecule has 22 heavy (non-hydrogen) atoms. The van der Waals surface area contributed by atoms with Crippen LogP contribution in [0.15, 0.2) is 17.0 Å². The van der Waals surface area contributed by atoms with Gasteiger partial charge < -0.3 is 10.1 Å². The van der Waals surface area contributed by atoms with Gasteiger partial charge in [0.25, 0.3) is 0 Å². The molecule has 0 aliphatic carbocycles. The summed E-state index contributed by atoms with van der Waals surface area (Å²) in [6, 6.07) is 3.74. The minimum Gasteiger partial charge on any atom is -0.444 e. The lowest BCUT2D eigenvalue weighted by Crippen LogP contribution is -2.36. The van der Waals surface area contributed by atoms with Gasteiger partial charge in [0.2, 0.25) is 0 Å². The fourth-order valence-electron chi connectivity index (χ4n) is 2.59. The van der Waals surface area contributed by atoms with E-state index in [9.17, 15) is 9.59 Å². The number of ketones is 1. The molecular weight excluding hydrogens is 298 g/mol. The van der Waals surface area contributed by atoms with Crippen LogP contribution in [0.3, 0.4) is 0 Å². The van der Waals surface area contributed by atoms with E-state index in [2.05, 4.69) is 5.32 Å². The molecule has 0 bridgehead atoms. The van der Waals surface area contributed by atoms with E-state index in [0.29, 0.717) is 0 Å². The maximum Gasteiger partial charge on any atom is 0.408 e. The predicted molar refractivity (Wildman–Crippen MR) is 88.6 cm³/mol. The zero-order chi connectivity index (χ0) is 16.5. The van der Waals surface area contributed by atoms with Crippen molar-refractivity contribution in [1.82, 2.24) is 5.32 Å². The molecule has 0 fully saturated rings. The van der Waals surface area contributed by atoms with Crippen molar-refractivity contribution in [3.8, 4) is 0 Å². The maximum atomic E-state index is 12.0. The van der Waals surface area contributed by atoms with Gasteiger partial charge in [-0.25, -0.2) is 4.79 Å². The molecule has 5 heteroatoms. The summed E-state index contributed by atoms with van der Waals surface area (Å²) in [5.41, 5.74) is 2.32. The standard InChI is InChI=1S/C17H23NO3S/c1-10-12(11(2)19)6-7-13-14(8-9-22-15(10)13)18-16(20)21-17(3,4)5/h6-7,14H,8-9H2,1-5H3,(H,18,20). The van der Waals surface area contributed by atoms with Crippen molar-refractivity contribution < 1.29 is 14.3 Å². The number of benzene rings is 1. The van der Waals surface area contributed by atoms with Crippen LogP contribution in [0, 0.1) is 6.92 Å². The Morgan fingerprint density at radius 2 is 2.00 bits per heavy atom. The molecule has 0 spiro atoms. The zero-order valence-electron chi connectivity index (χ0n) is 13.8. The van der Waals surface area contributed by atoms with Gasteiger partial charge in [0, 0.05) is 16.2 Å². The van der Waals surface area contributed by atoms with Gasteiger partial charge in [-0.05, 0) is 52.2 Å². The lowest BCUT2D eigenvalue weighted by molar-refractivity contribution is 0.0501. The van der Waals surface area contributed by atoms with E-state index in [1.54, 1.807) is 18.7 Å². The van der Waals surface area contributed by atoms with Gasteiger partial charge in [-0.3, -0.25) is 4.79 Å². The van der Waals surface area contributed by atoms with Crippen LogP contribution >= 0.6 is 11.8 Å². The molecule has 4 nitrogen and oxygen atoms in total. The van der Waals surface area contributed by atoms with Gasteiger partial charge in [0.15, 0.2) is 5.78 Å². The molecule has 0 aromatic heterocycles. The van der Waals surface area contributed by atoms with E-state index < -0.39 is 11.7 Å². The minimum atomic E-state index is -0.509. The molecule has 1 atom stereocenters. The van der Waals surface area contributed by atoms with Crippen LogP contribution < -0.4 is 5.32 Å². The summed E-state index contributed by atoms with van der Waals surface area (Å²) in [4.78, 5) is 24.8. The fourth-order valence-corrected chi connectivity index (χ4v) is 3.86. The Balaban J connectivity index is 2.24. The quantitative estimate of drug-likeness (QED) is 0.827. The lowest BCUT2D eigenvalue weighted by atomic mass is 9.96. The van der Waals surface area contributed by atoms with Crippen molar-refractivity contribution >= 4 is 23.6 Å². The predicted octanol–water partition coefficient (Wildman–Crippen LogP) is 4.26. The van der Waals surface area contributed by atoms with Gasteiger partial charge in [0.05, 0.1) is 6.04 Å². The zero-order valence-corrected chi connectivity index (χ0v) is 14.6. The second kappa shape index (κ2) is 6.32. The molecule has 1 amide bonds. The number of carbonyl (C=O) groups excluding carboxylic acids is 2. The first-order chi connectivity index (χ1) is 10.2. The molecule has 1 N–H and O–H groups in total. The highest BCUT2D eigenvalue weighted by molar-refractivity contribution is 7.99. The third kappa shape index (κ3) is 3.83. The Hall–Kier alpha value is -1.49. The topological polar surface area (TPSA) is 55.4 Å². The van der Waals surface area contributed by atoms with Gasteiger partial charge >= 0.3 is 6.09 Å². The molecule has 120 valence electrons. The molecule has 1 unspecified atom stereocenters. The Kier molecular flexibility index (Phi) is 4.85. The Bertz CT molecular complexity index is 605. The highest BCUT2D eigenvalue weighted by Crippen LogP contribution is 2.39. The third-order valence-corrected chi connectivity index (χ3v) is 4.81. The van der Waals surface area contributed by atoms with E-state index in [4.69, 9.17) is 4.74 Å². The number of ether oxygens (including phenoxy) is 1. The van der Waals surface area contributed by atoms with Crippen molar-refractivity contribution in [2.24, 2.45) is 0 Å². The van der Waals surface area contributed by atoms with Crippen LogP contribution in [0.5, 0.6) is 0 Å². The monoisotopic (exact) mass is 321 g/mol. The molecule has 0 saturated carbocycles. The van der Waals surface area contributed by atoms with Crippen molar-refractivity contribution in [3.05, 3.63) is 28.8 Å². The number of rotatable bonds is 2. The first kappa shape index (κ1) is 16.9. The number of alkyl carbamates (subject to hydrolysis) is 1. The van der Waals surface area contributed by atoms with Crippen LogP contribution in [0.1, 0.15) is 61.6 Å². The first-order valence-corrected chi connectivity index (χ1v) is 8.44. The smallest absolute Gasteiger partial charge is 0.408 e. The van der Waals surface area contributed by atoms with Gasteiger partial charge in [-0.15, -0.1) is 11.8 Å². The average molecular weight is 321 g/mol. The minimum absolute atomic E-state index is 0.0641. The fraction of sp³-hybridized carbons (Fsp3) is 0.529. The summed E-state index contributed by atoms with van der Waals surface area (Å²) in [7, 11) is 0. The highest BCUT2D eigenvalue weighted by atomic mass is 32.2. The lowest BCUT2D eigenvalue weighted by Gasteiger charge is -2.29. The molecule has 1 heterocycles. The number of Topliss-reactive ketones (excluding diaryl/α,β-unsaturated/α-hetero) is 1. The number of thioether (sulfide) groups is 1. The Morgan fingerprint density at radius 3 is 2.59 bits per heavy atom. The summed E-state index contributed by atoms with van der Waals surface area (Å²) in [6.07, 6.45) is 0.458. The summed E-state index contributed by atoms with van der Waals surface area (Å²) < 4.78 is 5.34. The van der Waals surface area contributed by atoms with Crippen molar-refractivity contribution in [2.75, 3.05) is 5.75 Å². The van der Waals surface area contributed by atoms with E-state index in [1.165, 1.54) is 0 Å². The highest BCUT2D eigenvalue weighted by Gasteiger charge is 2.27.